The molecule has 2 aromatic carbocycles. The highest BCUT2D eigenvalue weighted by atomic mass is 35.5. The smallest absolute Gasteiger partial charge is 0.226 e. The Morgan fingerprint density at radius 1 is 1.19 bits per heavy atom. The molecule has 1 aliphatic carbocycles. The number of nitrogens with one attached hydrogen (secondary N) is 2. The minimum Gasteiger partial charge on any atom is -0.455 e. The summed E-state index contributed by atoms with van der Waals surface area (Å²) in [5, 5.41) is 6.11. The van der Waals surface area contributed by atoms with E-state index in [9.17, 15) is 9.59 Å². The normalized spacial score (nSPS) is 17.9. The highest BCUT2D eigenvalue weighted by Crippen LogP contribution is 2.37. The van der Waals surface area contributed by atoms with Crippen LogP contribution in [0.5, 0.6) is 11.5 Å². The topological polar surface area (TPSA) is 67.4 Å². The van der Waals surface area contributed by atoms with Crippen molar-refractivity contribution in [3.05, 3.63) is 53.1 Å². The molecule has 0 aromatic heterocycles. The lowest BCUT2D eigenvalue weighted by Crippen LogP contribution is -2.29. The maximum absolute atomic E-state index is 12.2. The van der Waals surface area contributed by atoms with Gasteiger partial charge in [-0.2, -0.15) is 0 Å². The number of aryl methyl sites for hydroxylation is 1. The van der Waals surface area contributed by atoms with E-state index in [2.05, 4.69) is 10.6 Å². The second kappa shape index (κ2) is 8.44. The van der Waals surface area contributed by atoms with Gasteiger partial charge in [-0.15, -0.1) is 0 Å². The summed E-state index contributed by atoms with van der Waals surface area (Å²) in [4.78, 5) is 24.0. The van der Waals surface area contributed by atoms with Crippen LogP contribution in [0.2, 0.25) is 5.02 Å². The van der Waals surface area contributed by atoms with Crippen LogP contribution in [0.4, 0.5) is 5.69 Å². The van der Waals surface area contributed by atoms with Crippen LogP contribution in [-0.4, -0.2) is 18.4 Å². The van der Waals surface area contributed by atoms with Gasteiger partial charge in [0.1, 0.15) is 5.75 Å². The molecule has 0 bridgehead atoms. The first-order valence-corrected chi connectivity index (χ1v) is 9.42. The highest BCUT2D eigenvalue weighted by Gasteiger charge is 2.38. The lowest BCUT2D eigenvalue weighted by Gasteiger charge is -2.13. The quantitative estimate of drug-likeness (QED) is 0.734. The number of ether oxygens (including phenoxy) is 1. The highest BCUT2D eigenvalue weighted by molar-refractivity contribution is 6.31. The van der Waals surface area contributed by atoms with Gasteiger partial charge >= 0.3 is 0 Å². The van der Waals surface area contributed by atoms with Crippen LogP contribution < -0.4 is 15.4 Å². The molecule has 2 unspecified atom stereocenters. The van der Waals surface area contributed by atoms with Crippen molar-refractivity contribution in [1.82, 2.24) is 5.32 Å². The Kier molecular flexibility index (Phi) is 6.01. The van der Waals surface area contributed by atoms with Crippen LogP contribution in [0.25, 0.3) is 0 Å². The van der Waals surface area contributed by atoms with E-state index >= 15 is 0 Å². The summed E-state index contributed by atoms with van der Waals surface area (Å²) in [5.74, 6) is 1.55. The molecule has 3 rings (SSSR count). The van der Waals surface area contributed by atoms with Crippen LogP contribution in [0.1, 0.15) is 25.3 Å². The van der Waals surface area contributed by atoms with E-state index in [0.717, 1.165) is 12.0 Å². The van der Waals surface area contributed by atoms with Gasteiger partial charge in [0, 0.05) is 23.9 Å². The summed E-state index contributed by atoms with van der Waals surface area (Å²) in [5.41, 5.74) is 1.63. The fraction of sp³-hybridized carbons (Fsp3) is 0.333. The molecule has 0 heterocycles. The van der Waals surface area contributed by atoms with Gasteiger partial charge in [0.2, 0.25) is 11.8 Å². The van der Waals surface area contributed by atoms with Crippen LogP contribution in [-0.2, 0) is 9.59 Å². The van der Waals surface area contributed by atoms with Crippen LogP contribution in [0, 0.1) is 18.8 Å². The second-order valence-electron chi connectivity index (χ2n) is 6.96. The van der Waals surface area contributed by atoms with Gasteiger partial charge in [-0.05, 0) is 49.6 Å². The van der Waals surface area contributed by atoms with Gasteiger partial charge in [0.25, 0.3) is 0 Å². The number of hydrogen-bond acceptors (Lipinski definition) is 3. The van der Waals surface area contributed by atoms with Crippen molar-refractivity contribution in [3.63, 3.8) is 0 Å². The predicted octanol–water partition coefficient (Wildman–Crippen LogP) is 4.54. The molecule has 0 aliphatic heterocycles. The van der Waals surface area contributed by atoms with Gasteiger partial charge in [0.15, 0.2) is 5.75 Å². The number of carbonyl (C=O) groups is 2. The number of carbonyl (C=O) groups excluding carboxylic acids is 2. The lowest BCUT2D eigenvalue weighted by atomic mass is 10.2. The molecule has 0 saturated heterocycles. The zero-order valence-electron chi connectivity index (χ0n) is 15.4. The molecule has 142 valence electrons. The fourth-order valence-corrected chi connectivity index (χ4v) is 2.92. The maximum atomic E-state index is 12.2. The second-order valence-corrected chi connectivity index (χ2v) is 7.40. The predicted molar refractivity (Wildman–Crippen MR) is 106 cm³/mol. The zero-order chi connectivity index (χ0) is 19.4. The van der Waals surface area contributed by atoms with Gasteiger partial charge < -0.3 is 15.4 Å². The van der Waals surface area contributed by atoms with Gasteiger partial charge in [-0.3, -0.25) is 9.59 Å². The van der Waals surface area contributed by atoms with Gasteiger partial charge in [0.05, 0.1) is 5.69 Å². The van der Waals surface area contributed by atoms with Crippen molar-refractivity contribution in [3.8, 4) is 11.5 Å². The molecule has 2 N–H and O–H groups in total. The number of anilines is 1. The summed E-state index contributed by atoms with van der Waals surface area (Å²) < 4.78 is 5.87. The standard InChI is InChI=1S/C21H23ClN2O3/c1-13-3-6-16(7-4-13)27-19-8-5-15(22)12-18(19)24-20(25)9-10-23-21(26)17-11-14(17)2/h3-8,12,14,17H,9-11H2,1-2H3,(H,23,26)(H,24,25). The van der Waals surface area contributed by atoms with Crippen molar-refractivity contribution >= 4 is 29.1 Å². The Bertz CT molecular complexity index is 836. The third-order valence-corrected chi connectivity index (χ3v) is 4.80. The summed E-state index contributed by atoms with van der Waals surface area (Å²) >= 11 is 6.06. The van der Waals surface area contributed by atoms with E-state index in [0.29, 0.717) is 34.7 Å². The summed E-state index contributed by atoms with van der Waals surface area (Å²) in [6, 6.07) is 12.7. The van der Waals surface area contributed by atoms with E-state index in [4.69, 9.17) is 16.3 Å². The molecule has 5 nitrogen and oxygen atoms in total. The molecule has 27 heavy (non-hydrogen) atoms. The Labute approximate surface area is 164 Å². The molecule has 0 radical (unpaired) electrons. The van der Waals surface area contributed by atoms with Crippen LogP contribution >= 0.6 is 11.6 Å². The Balaban J connectivity index is 1.58. The van der Waals surface area contributed by atoms with E-state index < -0.39 is 0 Å². The summed E-state index contributed by atoms with van der Waals surface area (Å²) in [6.07, 6.45) is 1.11. The largest absolute Gasteiger partial charge is 0.455 e. The number of benzene rings is 2. The SMILES string of the molecule is Cc1ccc(Oc2ccc(Cl)cc2NC(=O)CCNC(=O)C2CC2C)cc1. The fourth-order valence-electron chi connectivity index (χ4n) is 2.75. The van der Waals surface area contributed by atoms with Crippen molar-refractivity contribution in [2.45, 2.75) is 26.7 Å². The number of halogens is 1. The zero-order valence-corrected chi connectivity index (χ0v) is 16.2. The Morgan fingerprint density at radius 2 is 1.89 bits per heavy atom. The molecule has 1 saturated carbocycles. The average Bonchev–Trinajstić information content (AvgIpc) is 3.36. The first-order valence-electron chi connectivity index (χ1n) is 9.04. The molecular formula is C21H23ClN2O3. The maximum Gasteiger partial charge on any atom is 0.226 e. The third kappa shape index (κ3) is 5.47. The molecule has 2 atom stereocenters. The molecule has 2 amide bonds. The van der Waals surface area contributed by atoms with Crippen molar-refractivity contribution in [2.24, 2.45) is 11.8 Å². The van der Waals surface area contributed by atoms with E-state index in [1.54, 1.807) is 18.2 Å². The number of amides is 2. The number of rotatable bonds is 7. The van der Waals surface area contributed by atoms with Crippen LogP contribution in [0.15, 0.2) is 42.5 Å². The summed E-state index contributed by atoms with van der Waals surface area (Å²) in [7, 11) is 0. The van der Waals surface area contributed by atoms with Gasteiger partial charge in [-0.25, -0.2) is 0 Å². The average molecular weight is 387 g/mol. The number of hydrogen-bond donors (Lipinski definition) is 2. The van der Waals surface area contributed by atoms with E-state index in [1.807, 2.05) is 38.1 Å². The summed E-state index contributed by atoms with van der Waals surface area (Å²) in [6.45, 7) is 4.36. The third-order valence-electron chi connectivity index (χ3n) is 4.56. The molecule has 1 fully saturated rings. The molecule has 1 aliphatic rings. The Morgan fingerprint density at radius 3 is 2.56 bits per heavy atom. The molecule has 0 spiro atoms. The first-order chi connectivity index (χ1) is 12.9. The van der Waals surface area contributed by atoms with Crippen molar-refractivity contribution in [2.75, 3.05) is 11.9 Å². The molecule has 6 heteroatoms. The minimum atomic E-state index is -0.213. The van der Waals surface area contributed by atoms with Gasteiger partial charge in [-0.1, -0.05) is 36.2 Å². The van der Waals surface area contributed by atoms with Crippen molar-refractivity contribution in [1.29, 1.82) is 0 Å². The monoisotopic (exact) mass is 386 g/mol. The first kappa shape index (κ1) is 19.2. The minimum absolute atomic E-state index is 0.0291. The lowest BCUT2D eigenvalue weighted by molar-refractivity contribution is -0.122. The van der Waals surface area contributed by atoms with Crippen LogP contribution in [0.3, 0.4) is 0 Å². The van der Waals surface area contributed by atoms with E-state index in [1.165, 1.54) is 0 Å². The molecule has 2 aromatic rings. The Hall–Kier alpha value is -2.53. The van der Waals surface area contributed by atoms with E-state index in [-0.39, 0.29) is 24.2 Å². The molecular weight excluding hydrogens is 364 g/mol. The van der Waals surface area contributed by atoms with Crippen molar-refractivity contribution < 1.29 is 14.3 Å².